The molecule has 7 nitrogen and oxygen atoms in total. The fraction of sp³-hybridized carbons (Fsp3) is 0.632. The van der Waals surface area contributed by atoms with Crippen LogP contribution >= 0.6 is 0 Å². The van der Waals surface area contributed by atoms with Crippen molar-refractivity contribution >= 4 is 17.6 Å². The maximum absolute atomic E-state index is 12.3. The summed E-state index contributed by atoms with van der Waals surface area (Å²) in [5.74, 6) is 1.36. The second-order valence-electron chi connectivity index (χ2n) is 8.24. The van der Waals surface area contributed by atoms with E-state index in [-0.39, 0.29) is 6.09 Å². The molecule has 2 aromatic rings. The first-order valence-electron chi connectivity index (χ1n) is 9.16. The molecule has 1 aliphatic heterocycles. The van der Waals surface area contributed by atoms with E-state index in [9.17, 15) is 4.79 Å². The van der Waals surface area contributed by atoms with E-state index in [1.807, 2.05) is 52.5 Å². The summed E-state index contributed by atoms with van der Waals surface area (Å²) >= 11 is 0. The van der Waals surface area contributed by atoms with Gasteiger partial charge in [-0.25, -0.2) is 9.78 Å². The van der Waals surface area contributed by atoms with E-state index >= 15 is 0 Å². The van der Waals surface area contributed by atoms with Crippen molar-refractivity contribution < 1.29 is 9.53 Å². The molecule has 3 heterocycles. The van der Waals surface area contributed by atoms with Crippen LogP contribution in [-0.4, -0.2) is 58.4 Å². The van der Waals surface area contributed by atoms with Gasteiger partial charge < -0.3 is 14.5 Å². The molecule has 26 heavy (non-hydrogen) atoms. The van der Waals surface area contributed by atoms with Gasteiger partial charge in [-0.05, 0) is 40.5 Å². The third-order valence-corrected chi connectivity index (χ3v) is 4.67. The van der Waals surface area contributed by atoms with Crippen LogP contribution in [0.5, 0.6) is 0 Å². The molecule has 0 unspecified atom stereocenters. The molecule has 1 aliphatic rings. The lowest BCUT2D eigenvalue weighted by atomic mass is 9.93. The standard InChI is InChI=1S/C19H29N5O2/c1-13-12-20-24-16(22(5)6)11-15(21-17(13)24)14-7-9-23(10-8-14)18(25)26-19(2,3)4/h11-12,14H,7-10H2,1-6H3. The Bertz CT molecular complexity index is 798. The van der Waals surface area contributed by atoms with Crippen LogP contribution in [0.25, 0.3) is 5.65 Å². The highest BCUT2D eigenvalue weighted by Crippen LogP contribution is 2.30. The first-order valence-corrected chi connectivity index (χ1v) is 9.16. The van der Waals surface area contributed by atoms with E-state index in [4.69, 9.17) is 9.72 Å². The Balaban J connectivity index is 1.77. The zero-order valence-electron chi connectivity index (χ0n) is 16.6. The molecule has 2 aromatic heterocycles. The van der Waals surface area contributed by atoms with Crippen LogP contribution in [0.4, 0.5) is 10.6 Å². The summed E-state index contributed by atoms with van der Waals surface area (Å²) in [4.78, 5) is 21.0. The van der Waals surface area contributed by atoms with Crippen LogP contribution < -0.4 is 4.90 Å². The van der Waals surface area contributed by atoms with E-state index in [2.05, 4.69) is 16.1 Å². The Morgan fingerprint density at radius 3 is 2.50 bits per heavy atom. The average molecular weight is 359 g/mol. The van der Waals surface area contributed by atoms with E-state index in [1.54, 1.807) is 4.90 Å². The predicted octanol–water partition coefficient (Wildman–Crippen LogP) is 3.22. The minimum absolute atomic E-state index is 0.222. The summed E-state index contributed by atoms with van der Waals surface area (Å²) in [7, 11) is 4.03. The lowest BCUT2D eigenvalue weighted by Gasteiger charge is -2.33. The summed E-state index contributed by atoms with van der Waals surface area (Å²) in [5.41, 5.74) is 2.59. The lowest BCUT2D eigenvalue weighted by Crippen LogP contribution is -2.41. The molecule has 0 radical (unpaired) electrons. The van der Waals surface area contributed by atoms with E-state index in [0.717, 1.165) is 35.6 Å². The van der Waals surface area contributed by atoms with Gasteiger partial charge in [0.2, 0.25) is 0 Å². The lowest BCUT2D eigenvalue weighted by molar-refractivity contribution is 0.0204. The van der Waals surface area contributed by atoms with Gasteiger partial charge in [0, 0.05) is 50.4 Å². The van der Waals surface area contributed by atoms with E-state index < -0.39 is 5.60 Å². The summed E-state index contributed by atoms with van der Waals surface area (Å²) in [6, 6.07) is 2.12. The van der Waals surface area contributed by atoms with Gasteiger partial charge in [0.05, 0.1) is 6.20 Å². The molecule has 1 fully saturated rings. The Morgan fingerprint density at radius 2 is 1.92 bits per heavy atom. The van der Waals surface area contributed by atoms with Crippen LogP contribution in [0.3, 0.4) is 0 Å². The zero-order chi connectivity index (χ0) is 19.1. The summed E-state index contributed by atoms with van der Waals surface area (Å²) in [6.07, 6.45) is 3.41. The fourth-order valence-electron chi connectivity index (χ4n) is 3.29. The number of ether oxygens (including phenoxy) is 1. The molecule has 7 heteroatoms. The summed E-state index contributed by atoms with van der Waals surface area (Å²) in [5, 5.41) is 4.44. The number of aromatic nitrogens is 3. The maximum Gasteiger partial charge on any atom is 0.410 e. The van der Waals surface area contributed by atoms with Crippen molar-refractivity contribution in [3.8, 4) is 0 Å². The molecule has 0 N–H and O–H groups in total. The number of nitrogens with zero attached hydrogens (tertiary/aromatic N) is 5. The molecule has 142 valence electrons. The van der Waals surface area contributed by atoms with Crippen LogP contribution in [-0.2, 0) is 4.74 Å². The van der Waals surface area contributed by atoms with Gasteiger partial charge in [0.25, 0.3) is 0 Å². The molecule has 0 bridgehead atoms. The van der Waals surface area contributed by atoms with Crippen LogP contribution in [0.1, 0.15) is 50.8 Å². The van der Waals surface area contributed by atoms with E-state index in [0.29, 0.717) is 19.0 Å². The first kappa shape index (κ1) is 18.5. The van der Waals surface area contributed by atoms with Crippen molar-refractivity contribution in [3.63, 3.8) is 0 Å². The zero-order valence-corrected chi connectivity index (χ0v) is 16.6. The molecule has 3 rings (SSSR count). The van der Waals surface area contributed by atoms with Crippen molar-refractivity contribution in [2.45, 2.75) is 52.1 Å². The van der Waals surface area contributed by atoms with Crippen molar-refractivity contribution in [1.82, 2.24) is 19.5 Å². The quantitative estimate of drug-likeness (QED) is 0.824. The molecular formula is C19H29N5O2. The monoisotopic (exact) mass is 359 g/mol. The minimum atomic E-state index is -0.458. The number of piperidine rings is 1. The maximum atomic E-state index is 12.3. The molecule has 0 saturated carbocycles. The average Bonchev–Trinajstić information content (AvgIpc) is 2.94. The molecule has 0 spiro atoms. The Labute approximate surface area is 154 Å². The second kappa shape index (κ2) is 6.78. The van der Waals surface area contributed by atoms with Crippen LogP contribution in [0, 0.1) is 6.92 Å². The van der Waals surface area contributed by atoms with E-state index in [1.165, 1.54) is 0 Å². The number of aryl methyl sites for hydroxylation is 1. The first-order chi connectivity index (χ1) is 12.2. The smallest absolute Gasteiger partial charge is 0.410 e. The SMILES string of the molecule is Cc1cnn2c(N(C)C)cc(C3CCN(C(=O)OC(C)(C)C)CC3)nc12. The van der Waals surface area contributed by atoms with Gasteiger partial charge in [-0.15, -0.1) is 0 Å². The number of likely N-dealkylation sites (tertiary alicyclic amines) is 1. The summed E-state index contributed by atoms with van der Waals surface area (Å²) < 4.78 is 7.37. The second-order valence-corrected chi connectivity index (χ2v) is 8.24. The Kier molecular flexibility index (Phi) is 4.82. The van der Waals surface area contributed by atoms with Crippen molar-refractivity contribution in [2.75, 3.05) is 32.1 Å². The molecule has 1 amide bonds. The third kappa shape index (κ3) is 3.76. The number of amides is 1. The predicted molar refractivity (Wildman–Crippen MR) is 102 cm³/mol. The topological polar surface area (TPSA) is 63.0 Å². The van der Waals surface area contributed by atoms with Crippen LogP contribution in [0.15, 0.2) is 12.3 Å². The fourth-order valence-corrected chi connectivity index (χ4v) is 3.29. The third-order valence-electron chi connectivity index (χ3n) is 4.67. The largest absolute Gasteiger partial charge is 0.444 e. The van der Waals surface area contributed by atoms with Gasteiger partial charge >= 0.3 is 6.09 Å². The van der Waals surface area contributed by atoms with Crippen molar-refractivity contribution in [3.05, 3.63) is 23.5 Å². The number of hydrogen-bond acceptors (Lipinski definition) is 5. The molecule has 0 aliphatic carbocycles. The number of rotatable bonds is 2. The summed E-state index contributed by atoms with van der Waals surface area (Å²) in [6.45, 7) is 9.11. The van der Waals surface area contributed by atoms with Gasteiger partial charge in [0.1, 0.15) is 11.4 Å². The molecule has 0 aromatic carbocycles. The Morgan fingerprint density at radius 1 is 1.27 bits per heavy atom. The number of anilines is 1. The highest BCUT2D eigenvalue weighted by atomic mass is 16.6. The highest BCUT2D eigenvalue weighted by Gasteiger charge is 2.28. The van der Waals surface area contributed by atoms with Crippen molar-refractivity contribution in [2.24, 2.45) is 0 Å². The van der Waals surface area contributed by atoms with Crippen molar-refractivity contribution in [1.29, 1.82) is 0 Å². The minimum Gasteiger partial charge on any atom is -0.444 e. The van der Waals surface area contributed by atoms with Gasteiger partial charge in [0.15, 0.2) is 5.65 Å². The normalized spacial score (nSPS) is 16.2. The van der Waals surface area contributed by atoms with Gasteiger partial charge in [-0.2, -0.15) is 9.61 Å². The van der Waals surface area contributed by atoms with Gasteiger partial charge in [-0.3, -0.25) is 0 Å². The number of carbonyl (C=O) groups excluding carboxylic acids is 1. The number of fused-ring (bicyclic) bond motifs is 1. The number of hydrogen-bond donors (Lipinski definition) is 0. The molecule has 0 atom stereocenters. The highest BCUT2D eigenvalue weighted by molar-refractivity contribution is 5.68. The molecule has 1 saturated heterocycles. The van der Waals surface area contributed by atoms with Gasteiger partial charge in [-0.1, -0.05) is 0 Å². The molecular weight excluding hydrogens is 330 g/mol. The Hall–Kier alpha value is -2.31. The number of carbonyl (C=O) groups is 1. The van der Waals surface area contributed by atoms with Crippen LogP contribution in [0.2, 0.25) is 0 Å².